The number of imidazole rings is 1. The third-order valence-electron chi connectivity index (χ3n) is 2.96. The molecule has 0 aliphatic heterocycles. The molecule has 0 spiro atoms. The predicted octanol–water partition coefficient (Wildman–Crippen LogP) is 2.28. The van der Waals surface area contributed by atoms with Gasteiger partial charge < -0.3 is 15.4 Å². The van der Waals surface area contributed by atoms with E-state index in [1.807, 2.05) is 26.8 Å². The Morgan fingerprint density at radius 2 is 2.15 bits per heavy atom. The number of carboxylic acid groups (broad SMARTS) is 1. The summed E-state index contributed by atoms with van der Waals surface area (Å²) in [5, 5.41) is 11.7. The number of aromatic nitrogens is 2. The van der Waals surface area contributed by atoms with Crippen molar-refractivity contribution in [3.05, 3.63) is 39.1 Å². The molecule has 3 N–H and O–H groups in total. The van der Waals surface area contributed by atoms with Crippen LogP contribution in [0.15, 0.2) is 12.4 Å². The van der Waals surface area contributed by atoms with Crippen molar-refractivity contribution in [2.24, 2.45) is 0 Å². The normalized spacial score (nSPS) is 12.2. The molecule has 0 bridgehead atoms. The highest BCUT2D eigenvalue weighted by atomic mass is 32.1. The Bertz CT molecular complexity index is 660. The van der Waals surface area contributed by atoms with Gasteiger partial charge in [-0.2, -0.15) is 0 Å². The molecular weight excluding hydrogens is 278 g/mol. The van der Waals surface area contributed by atoms with Gasteiger partial charge in [-0.15, -0.1) is 11.3 Å². The molecule has 0 fully saturated rings. The minimum Gasteiger partial charge on any atom is -0.477 e. The molecular formula is C13H15N3O3S. The highest BCUT2D eigenvalue weighted by Crippen LogP contribution is 2.26. The summed E-state index contributed by atoms with van der Waals surface area (Å²) in [6.45, 7) is 5.86. The van der Waals surface area contributed by atoms with Crippen molar-refractivity contribution in [2.45, 2.75) is 26.8 Å². The largest absolute Gasteiger partial charge is 0.477 e. The standard InChI is InChI=1S/C13H15N3O3S/c1-6-4-9(8(3)20-6)7(2)16-12(17)10-11(13(18)19)15-5-14-10/h4-5,7H,1-3H3,(H,14,15)(H,16,17)(H,18,19). The average molecular weight is 293 g/mol. The SMILES string of the molecule is Cc1cc(C(C)NC(=O)c2nc[nH]c2C(=O)O)c(C)s1. The molecule has 0 saturated carbocycles. The number of carbonyl (C=O) groups is 2. The molecule has 0 aromatic carbocycles. The van der Waals surface area contributed by atoms with E-state index < -0.39 is 11.9 Å². The van der Waals surface area contributed by atoms with Gasteiger partial charge in [-0.1, -0.05) is 0 Å². The van der Waals surface area contributed by atoms with Crippen LogP contribution < -0.4 is 5.32 Å². The maximum atomic E-state index is 12.1. The molecule has 1 amide bonds. The van der Waals surface area contributed by atoms with Crippen molar-refractivity contribution < 1.29 is 14.7 Å². The number of aromatic carboxylic acids is 1. The van der Waals surface area contributed by atoms with Crippen LogP contribution in [0.4, 0.5) is 0 Å². The van der Waals surface area contributed by atoms with Crippen LogP contribution in [0.5, 0.6) is 0 Å². The smallest absolute Gasteiger partial charge is 0.354 e. The highest BCUT2D eigenvalue weighted by molar-refractivity contribution is 7.12. The minimum atomic E-state index is -1.21. The topological polar surface area (TPSA) is 95.1 Å². The first-order chi connectivity index (χ1) is 9.40. The van der Waals surface area contributed by atoms with Crippen LogP contribution in [0.25, 0.3) is 0 Å². The molecule has 2 rings (SSSR count). The fourth-order valence-corrected chi connectivity index (χ4v) is 3.08. The van der Waals surface area contributed by atoms with E-state index in [-0.39, 0.29) is 17.4 Å². The zero-order chi connectivity index (χ0) is 14.9. The first-order valence-electron chi connectivity index (χ1n) is 6.04. The van der Waals surface area contributed by atoms with E-state index in [0.29, 0.717) is 0 Å². The number of aryl methyl sites for hydroxylation is 2. The number of amides is 1. The number of nitrogens with one attached hydrogen (secondary N) is 2. The number of nitrogens with zero attached hydrogens (tertiary/aromatic N) is 1. The highest BCUT2D eigenvalue weighted by Gasteiger charge is 2.22. The van der Waals surface area contributed by atoms with Crippen LogP contribution in [0, 0.1) is 13.8 Å². The van der Waals surface area contributed by atoms with Crippen LogP contribution in [0.1, 0.15) is 49.3 Å². The van der Waals surface area contributed by atoms with Crippen molar-refractivity contribution in [3.63, 3.8) is 0 Å². The second-order valence-corrected chi connectivity index (χ2v) is 5.96. The number of hydrogen-bond donors (Lipinski definition) is 3. The number of carbonyl (C=O) groups excluding carboxylic acids is 1. The number of H-pyrrole nitrogens is 1. The van der Waals surface area contributed by atoms with Crippen molar-refractivity contribution in [1.82, 2.24) is 15.3 Å². The lowest BCUT2D eigenvalue weighted by Gasteiger charge is -2.13. The second kappa shape index (κ2) is 5.46. The van der Waals surface area contributed by atoms with Crippen LogP contribution in [0.3, 0.4) is 0 Å². The zero-order valence-corrected chi connectivity index (χ0v) is 12.2. The van der Waals surface area contributed by atoms with Gasteiger partial charge in [-0.05, 0) is 32.4 Å². The van der Waals surface area contributed by atoms with Gasteiger partial charge in [-0.25, -0.2) is 9.78 Å². The van der Waals surface area contributed by atoms with Crippen molar-refractivity contribution >= 4 is 23.2 Å². The third kappa shape index (κ3) is 2.72. The van der Waals surface area contributed by atoms with E-state index in [1.54, 1.807) is 11.3 Å². The number of rotatable bonds is 4. The molecule has 106 valence electrons. The van der Waals surface area contributed by atoms with E-state index in [1.165, 1.54) is 11.2 Å². The van der Waals surface area contributed by atoms with Gasteiger partial charge in [0.1, 0.15) is 0 Å². The Morgan fingerprint density at radius 3 is 2.70 bits per heavy atom. The number of carboxylic acids is 1. The third-order valence-corrected chi connectivity index (χ3v) is 3.94. The fourth-order valence-electron chi connectivity index (χ4n) is 2.05. The summed E-state index contributed by atoms with van der Waals surface area (Å²) in [5.74, 6) is -1.71. The van der Waals surface area contributed by atoms with Gasteiger partial charge in [-0.3, -0.25) is 4.79 Å². The number of hydrogen-bond acceptors (Lipinski definition) is 4. The van der Waals surface area contributed by atoms with Gasteiger partial charge in [0.25, 0.3) is 5.91 Å². The molecule has 2 aromatic rings. The number of thiophene rings is 1. The summed E-state index contributed by atoms with van der Waals surface area (Å²) < 4.78 is 0. The second-order valence-electron chi connectivity index (χ2n) is 4.50. The van der Waals surface area contributed by atoms with E-state index >= 15 is 0 Å². The first-order valence-corrected chi connectivity index (χ1v) is 6.86. The van der Waals surface area contributed by atoms with E-state index in [9.17, 15) is 9.59 Å². The van der Waals surface area contributed by atoms with Gasteiger partial charge >= 0.3 is 5.97 Å². The summed E-state index contributed by atoms with van der Waals surface area (Å²) in [6, 6.07) is 1.82. The molecule has 1 atom stereocenters. The molecule has 0 saturated heterocycles. The van der Waals surface area contributed by atoms with Gasteiger partial charge in [0.15, 0.2) is 11.4 Å². The summed E-state index contributed by atoms with van der Waals surface area (Å²) in [4.78, 5) is 31.5. The molecule has 0 aliphatic rings. The molecule has 2 heterocycles. The fraction of sp³-hybridized carbons (Fsp3) is 0.308. The lowest BCUT2D eigenvalue weighted by molar-refractivity contribution is 0.0684. The molecule has 7 heteroatoms. The van der Waals surface area contributed by atoms with Crippen LogP contribution in [-0.4, -0.2) is 27.0 Å². The Labute approximate surface area is 119 Å². The van der Waals surface area contributed by atoms with Crippen molar-refractivity contribution in [2.75, 3.05) is 0 Å². The molecule has 0 radical (unpaired) electrons. The molecule has 0 aliphatic carbocycles. The Hall–Kier alpha value is -2.15. The molecule has 2 aromatic heterocycles. The average Bonchev–Trinajstić information content (AvgIpc) is 2.95. The van der Waals surface area contributed by atoms with Gasteiger partial charge in [0.2, 0.25) is 0 Å². The first kappa shape index (κ1) is 14.3. The van der Waals surface area contributed by atoms with E-state index in [0.717, 1.165) is 10.4 Å². The Morgan fingerprint density at radius 1 is 1.45 bits per heavy atom. The van der Waals surface area contributed by atoms with Gasteiger partial charge in [0, 0.05) is 9.75 Å². The summed E-state index contributed by atoms with van der Waals surface area (Å²) in [6.07, 6.45) is 1.20. The Kier molecular flexibility index (Phi) is 3.89. The van der Waals surface area contributed by atoms with Crippen LogP contribution in [-0.2, 0) is 0 Å². The zero-order valence-electron chi connectivity index (χ0n) is 11.4. The number of aromatic amines is 1. The monoisotopic (exact) mass is 293 g/mol. The summed E-state index contributed by atoms with van der Waals surface area (Å²) in [5.41, 5.74) is 0.732. The van der Waals surface area contributed by atoms with E-state index in [2.05, 4.69) is 15.3 Å². The molecule has 1 unspecified atom stereocenters. The maximum absolute atomic E-state index is 12.1. The molecule has 20 heavy (non-hydrogen) atoms. The van der Waals surface area contributed by atoms with Gasteiger partial charge in [0.05, 0.1) is 12.4 Å². The lowest BCUT2D eigenvalue weighted by Crippen LogP contribution is -2.28. The lowest BCUT2D eigenvalue weighted by atomic mass is 10.1. The van der Waals surface area contributed by atoms with E-state index in [4.69, 9.17) is 5.11 Å². The maximum Gasteiger partial charge on any atom is 0.354 e. The van der Waals surface area contributed by atoms with Crippen molar-refractivity contribution in [3.8, 4) is 0 Å². The Balaban J connectivity index is 2.17. The molecule has 6 nitrogen and oxygen atoms in total. The van der Waals surface area contributed by atoms with Crippen LogP contribution in [0.2, 0.25) is 0 Å². The summed E-state index contributed by atoms with van der Waals surface area (Å²) >= 11 is 1.66. The quantitative estimate of drug-likeness (QED) is 0.806. The minimum absolute atomic E-state index is 0.103. The van der Waals surface area contributed by atoms with Crippen LogP contribution >= 0.6 is 11.3 Å². The van der Waals surface area contributed by atoms with Crippen molar-refractivity contribution in [1.29, 1.82) is 0 Å². The predicted molar refractivity (Wildman–Crippen MR) is 75.2 cm³/mol. The summed E-state index contributed by atoms with van der Waals surface area (Å²) in [7, 11) is 0.